The van der Waals surface area contributed by atoms with Crippen LogP contribution in [0.25, 0.3) is 0 Å². The lowest BCUT2D eigenvalue weighted by Gasteiger charge is -2.33. The second kappa shape index (κ2) is 10.4. The molecule has 3 aromatic rings. The van der Waals surface area contributed by atoms with E-state index in [-0.39, 0.29) is 17.2 Å². The summed E-state index contributed by atoms with van der Waals surface area (Å²) < 4.78 is 6.00. The lowest BCUT2D eigenvalue weighted by Crippen LogP contribution is -2.37. The first-order chi connectivity index (χ1) is 16.7. The van der Waals surface area contributed by atoms with Gasteiger partial charge in [0.05, 0.1) is 0 Å². The Kier molecular flexibility index (Phi) is 6.96. The van der Waals surface area contributed by atoms with Crippen molar-refractivity contribution in [1.82, 2.24) is 10.2 Å². The van der Waals surface area contributed by atoms with E-state index < -0.39 is 0 Å². The molecule has 1 spiro atoms. The largest absolute Gasteiger partial charge is 0.489 e. The van der Waals surface area contributed by atoms with Crippen molar-refractivity contribution in [2.45, 2.75) is 38.8 Å². The zero-order valence-electron chi connectivity index (χ0n) is 19.8. The molecule has 5 rings (SSSR count). The van der Waals surface area contributed by atoms with E-state index in [9.17, 15) is 4.79 Å². The SMILES string of the molecule is O=C(NCCc1ccccc1)[C@H]1CC12CCN(Cc1cccc(OCc3ccccc3)c1)CC2. The first-order valence-electron chi connectivity index (χ1n) is 12.5. The number of benzene rings is 3. The maximum Gasteiger partial charge on any atom is 0.223 e. The van der Waals surface area contributed by atoms with Gasteiger partial charge in [0.25, 0.3) is 0 Å². The highest BCUT2D eigenvalue weighted by Gasteiger charge is 2.58. The number of ether oxygens (including phenoxy) is 1. The Hall–Kier alpha value is -3.11. The Balaban J connectivity index is 1.05. The van der Waals surface area contributed by atoms with Crippen LogP contribution >= 0.6 is 0 Å². The van der Waals surface area contributed by atoms with Crippen molar-refractivity contribution in [2.24, 2.45) is 11.3 Å². The van der Waals surface area contributed by atoms with E-state index in [0.29, 0.717) is 6.61 Å². The summed E-state index contributed by atoms with van der Waals surface area (Å²) in [5, 5.41) is 3.18. The van der Waals surface area contributed by atoms with Gasteiger partial charge in [0, 0.05) is 19.0 Å². The minimum atomic E-state index is 0.208. The Labute approximate surface area is 202 Å². The zero-order valence-corrected chi connectivity index (χ0v) is 19.8. The number of amides is 1. The molecule has 3 aromatic carbocycles. The fourth-order valence-corrected chi connectivity index (χ4v) is 5.26. The molecule has 176 valence electrons. The van der Waals surface area contributed by atoms with Gasteiger partial charge >= 0.3 is 0 Å². The number of likely N-dealkylation sites (tertiary alicyclic amines) is 1. The van der Waals surface area contributed by atoms with Crippen LogP contribution in [0.2, 0.25) is 0 Å². The van der Waals surface area contributed by atoms with Gasteiger partial charge in [-0.2, -0.15) is 0 Å². The van der Waals surface area contributed by atoms with Crippen LogP contribution in [-0.4, -0.2) is 30.4 Å². The summed E-state index contributed by atoms with van der Waals surface area (Å²) in [6, 6.07) is 29.1. The molecule has 2 aliphatic rings. The molecule has 4 heteroatoms. The maximum absolute atomic E-state index is 12.7. The van der Waals surface area contributed by atoms with Crippen molar-refractivity contribution in [1.29, 1.82) is 0 Å². The van der Waals surface area contributed by atoms with Crippen molar-refractivity contribution in [3.63, 3.8) is 0 Å². The van der Waals surface area contributed by atoms with Gasteiger partial charge in [-0.3, -0.25) is 9.69 Å². The lowest BCUT2D eigenvalue weighted by atomic mass is 9.90. The van der Waals surface area contributed by atoms with Crippen molar-refractivity contribution in [3.8, 4) is 5.75 Å². The number of nitrogens with one attached hydrogen (secondary N) is 1. The van der Waals surface area contributed by atoms with Crippen LogP contribution in [0.4, 0.5) is 0 Å². The van der Waals surface area contributed by atoms with Gasteiger partial charge in [0.2, 0.25) is 5.91 Å². The summed E-state index contributed by atoms with van der Waals surface area (Å²) in [7, 11) is 0. The van der Waals surface area contributed by atoms with Gasteiger partial charge in [-0.05, 0) is 73.0 Å². The van der Waals surface area contributed by atoms with Gasteiger partial charge < -0.3 is 10.1 Å². The normalized spacial score (nSPS) is 19.0. The summed E-state index contributed by atoms with van der Waals surface area (Å²) in [4.78, 5) is 15.2. The Morgan fingerprint density at radius 3 is 2.29 bits per heavy atom. The average molecular weight is 455 g/mol. The molecule has 1 N–H and O–H groups in total. The zero-order chi connectivity index (χ0) is 23.2. The quantitative estimate of drug-likeness (QED) is 0.482. The molecule has 1 amide bonds. The highest BCUT2D eigenvalue weighted by molar-refractivity contribution is 5.82. The molecule has 1 aliphatic heterocycles. The maximum atomic E-state index is 12.7. The van der Waals surface area contributed by atoms with E-state index in [1.54, 1.807) is 0 Å². The number of rotatable bonds is 9. The van der Waals surface area contributed by atoms with Crippen LogP contribution in [0.15, 0.2) is 84.9 Å². The molecule has 1 saturated heterocycles. The highest BCUT2D eigenvalue weighted by Crippen LogP contribution is 2.59. The fourth-order valence-electron chi connectivity index (χ4n) is 5.26. The predicted octanol–water partition coefficient (Wildman–Crippen LogP) is 5.23. The van der Waals surface area contributed by atoms with E-state index >= 15 is 0 Å². The van der Waals surface area contributed by atoms with Crippen molar-refractivity contribution >= 4 is 5.91 Å². The fraction of sp³-hybridized carbons (Fsp3) is 0.367. The minimum Gasteiger partial charge on any atom is -0.489 e. The third kappa shape index (κ3) is 5.68. The number of hydrogen-bond donors (Lipinski definition) is 1. The minimum absolute atomic E-state index is 0.208. The molecule has 2 fully saturated rings. The van der Waals surface area contributed by atoms with E-state index in [1.165, 1.54) is 16.7 Å². The first-order valence-corrected chi connectivity index (χ1v) is 12.5. The second-order valence-electron chi connectivity index (χ2n) is 9.84. The van der Waals surface area contributed by atoms with E-state index in [0.717, 1.165) is 57.6 Å². The van der Waals surface area contributed by atoms with Crippen LogP contribution in [0.3, 0.4) is 0 Å². The third-order valence-electron chi connectivity index (χ3n) is 7.47. The summed E-state index contributed by atoms with van der Waals surface area (Å²) in [6.45, 7) is 4.37. The number of hydrogen-bond acceptors (Lipinski definition) is 3. The third-order valence-corrected chi connectivity index (χ3v) is 7.47. The Morgan fingerprint density at radius 2 is 1.56 bits per heavy atom. The molecule has 4 nitrogen and oxygen atoms in total. The number of carbonyl (C=O) groups is 1. The van der Waals surface area contributed by atoms with E-state index in [4.69, 9.17) is 4.74 Å². The summed E-state index contributed by atoms with van der Waals surface area (Å²) in [6.07, 6.45) is 4.19. The molecular formula is C30H34N2O2. The van der Waals surface area contributed by atoms with Crippen molar-refractivity contribution in [3.05, 3.63) is 102 Å². The summed E-state index contributed by atoms with van der Waals surface area (Å²) in [5.74, 6) is 1.39. The van der Waals surface area contributed by atoms with Crippen molar-refractivity contribution in [2.75, 3.05) is 19.6 Å². The molecule has 1 atom stereocenters. The summed E-state index contributed by atoms with van der Waals surface area (Å²) in [5.41, 5.74) is 3.98. The highest BCUT2D eigenvalue weighted by atomic mass is 16.5. The Bertz CT molecular complexity index is 1080. The molecule has 1 heterocycles. The van der Waals surface area contributed by atoms with Gasteiger partial charge in [0.15, 0.2) is 0 Å². The molecule has 0 radical (unpaired) electrons. The van der Waals surface area contributed by atoms with Crippen LogP contribution in [0.5, 0.6) is 5.75 Å². The molecular weight excluding hydrogens is 420 g/mol. The molecule has 0 aromatic heterocycles. The lowest BCUT2D eigenvalue weighted by molar-refractivity contribution is -0.123. The van der Waals surface area contributed by atoms with Gasteiger partial charge in [-0.15, -0.1) is 0 Å². The number of nitrogens with zero attached hydrogens (tertiary/aromatic N) is 1. The van der Waals surface area contributed by atoms with E-state index in [2.05, 4.69) is 64.8 Å². The van der Waals surface area contributed by atoms with Crippen LogP contribution in [0, 0.1) is 11.3 Å². The molecule has 34 heavy (non-hydrogen) atoms. The van der Waals surface area contributed by atoms with Gasteiger partial charge in [-0.25, -0.2) is 0 Å². The van der Waals surface area contributed by atoms with Crippen LogP contribution < -0.4 is 10.1 Å². The molecule has 0 bridgehead atoms. The topological polar surface area (TPSA) is 41.6 Å². The van der Waals surface area contributed by atoms with Gasteiger partial charge in [0.1, 0.15) is 12.4 Å². The number of piperidine rings is 1. The standard InChI is InChI=1S/C30H34N2O2/c33-29(31-17-14-24-8-3-1-4-9-24)28-21-30(28)15-18-32(19-16-30)22-26-12-7-13-27(20-26)34-23-25-10-5-2-6-11-25/h1-13,20,28H,14-19,21-23H2,(H,31,33)/t28-/m1/s1. The summed E-state index contributed by atoms with van der Waals surface area (Å²) >= 11 is 0. The molecule has 1 saturated carbocycles. The molecule has 1 aliphatic carbocycles. The van der Waals surface area contributed by atoms with Crippen LogP contribution in [-0.2, 0) is 24.4 Å². The van der Waals surface area contributed by atoms with Crippen LogP contribution in [0.1, 0.15) is 36.0 Å². The predicted molar refractivity (Wildman–Crippen MR) is 135 cm³/mol. The van der Waals surface area contributed by atoms with E-state index in [1.807, 2.05) is 30.3 Å². The monoisotopic (exact) mass is 454 g/mol. The van der Waals surface area contributed by atoms with Crippen molar-refractivity contribution < 1.29 is 9.53 Å². The average Bonchev–Trinajstić information content (AvgIpc) is 3.59. The first kappa shape index (κ1) is 22.7. The number of carbonyl (C=O) groups excluding carboxylic acids is 1. The smallest absolute Gasteiger partial charge is 0.223 e. The molecule has 0 unspecified atom stereocenters. The second-order valence-corrected chi connectivity index (χ2v) is 9.84. The Morgan fingerprint density at radius 1 is 0.882 bits per heavy atom. The van der Waals surface area contributed by atoms with Gasteiger partial charge in [-0.1, -0.05) is 72.8 Å².